The third-order valence-electron chi connectivity index (χ3n) is 5.00. The first kappa shape index (κ1) is 20.5. The van der Waals surface area contributed by atoms with Crippen LogP contribution in [0.25, 0.3) is 0 Å². The van der Waals surface area contributed by atoms with E-state index < -0.39 is 28.1 Å². The van der Waals surface area contributed by atoms with Crippen LogP contribution in [0.15, 0.2) is 46.7 Å². The Bertz CT molecular complexity index is 1030. The van der Waals surface area contributed by atoms with Gasteiger partial charge in [-0.05, 0) is 35.7 Å². The second kappa shape index (κ2) is 7.78. The molecule has 2 fully saturated rings. The summed E-state index contributed by atoms with van der Waals surface area (Å²) in [5, 5.41) is 3.86. The highest BCUT2D eigenvalue weighted by molar-refractivity contribution is 7.89. The Labute approximate surface area is 177 Å². The van der Waals surface area contributed by atoms with E-state index in [1.807, 2.05) is 17.5 Å². The number of rotatable bonds is 6. The quantitative estimate of drug-likeness (QED) is 0.665. The Hall–Kier alpha value is -1.82. The van der Waals surface area contributed by atoms with Crippen molar-refractivity contribution in [3.05, 3.63) is 51.7 Å². The fourth-order valence-electron chi connectivity index (χ4n) is 3.57. The molecular weight excluding hydrogens is 438 g/mol. The summed E-state index contributed by atoms with van der Waals surface area (Å²) in [6, 6.07) is 9.14. The molecule has 0 aliphatic carbocycles. The van der Waals surface area contributed by atoms with Crippen LogP contribution >= 0.6 is 22.9 Å². The van der Waals surface area contributed by atoms with Crippen LogP contribution in [0, 0.1) is 5.92 Å². The summed E-state index contributed by atoms with van der Waals surface area (Å²) in [7, 11) is -2.27. The molecule has 3 atom stereocenters. The van der Waals surface area contributed by atoms with Crippen LogP contribution in [0.5, 0.6) is 0 Å². The Morgan fingerprint density at radius 2 is 1.90 bits per heavy atom. The molecule has 1 N–H and O–H groups in total. The molecule has 0 bridgehead atoms. The van der Waals surface area contributed by atoms with Crippen molar-refractivity contribution < 1.29 is 22.8 Å². The van der Waals surface area contributed by atoms with Crippen molar-refractivity contribution in [2.45, 2.75) is 17.0 Å². The minimum absolute atomic E-state index is 0.0461. The van der Waals surface area contributed by atoms with E-state index in [0.29, 0.717) is 5.02 Å². The predicted octanol–water partition coefficient (Wildman–Crippen LogP) is 1.65. The molecule has 0 saturated carbocycles. The smallest absolute Gasteiger partial charge is 0.261 e. The number of hydroxylamine groups is 2. The Morgan fingerprint density at radius 1 is 1.17 bits per heavy atom. The number of thiophene rings is 1. The lowest BCUT2D eigenvalue weighted by molar-refractivity contribution is -0.177. The Morgan fingerprint density at radius 3 is 2.55 bits per heavy atom. The molecule has 1 aromatic carbocycles. The van der Waals surface area contributed by atoms with E-state index in [0.717, 1.165) is 9.78 Å². The van der Waals surface area contributed by atoms with Gasteiger partial charge in [0.1, 0.15) is 0 Å². The molecule has 0 spiro atoms. The van der Waals surface area contributed by atoms with Gasteiger partial charge in [-0.1, -0.05) is 17.7 Å². The zero-order chi connectivity index (χ0) is 20.8. The summed E-state index contributed by atoms with van der Waals surface area (Å²) in [4.78, 5) is 32.8. The zero-order valence-electron chi connectivity index (χ0n) is 15.3. The molecule has 2 amide bonds. The summed E-state index contributed by atoms with van der Waals surface area (Å²) in [5.74, 6) is -1.31. The van der Waals surface area contributed by atoms with Crippen LogP contribution in [0.1, 0.15) is 10.9 Å². The number of sulfonamides is 1. The molecule has 1 unspecified atom stereocenters. The monoisotopic (exact) mass is 455 g/mol. The van der Waals surface area contributed by atoms with Crippen LogP contribution < -0.4 is 4.72 Å². The molecule has 0 radical (unpaired) electrons. The molecule has 3 heterocycles. The molecule has 1 aromatic heterocycles. The number of likely N-dealkylation sites (tertiary alicyclic amines) is 1. The highest BCUT2D eigenvalue weighted by Gasteiger charge is 2.58. The van der Waals surface area contributed by atoms with Gasteiger partial charge in [-0.15, -0.1) is 11.3 Å². The van der Waals surface area contributed by atoms with Crippen LogP contribution in [-0.4, -0.2) is 56.4 Å². The number of hydrogen-bond donors (Lipinski definition) is 1. The van der Waals surface area contributed by atoms with Crippen LogP contribution in [-0.2, 0) is 24.4 Å². The number of imide groups is 1. The number of likely N-dealkylation sites (N-methyl/N-ethyl adjacent to an activating group) is 1. The number of benzene rings is 1. The van der Waals surface area contributed by atoms with E-state index >= 15 is 0 Å². The van der Waals surface area contributed by atoms with E-state index in [2.05, 4.69) is 4.72 Å². The van der Waals surface area contributed by atoms with Crippen molar-refractivity contribution in [1.82, 2.24) is 14.7 Å². The second-order valence-electron chi connectivity index (χ2n) is 6.74. The SMILES string of the molecule is CN1C(=O)[C@@H]2ON(CCNS(=O)(=O)c3ccc(Cl)cc3)C(c3cccs3)[C@@H]2C1=O. The standard InChI is InChI=1S/C18H18ClN3O5S2/c1-21-17(23)14-15(13-3-2-10-28-13)22(27-16(14)18(21)24)9-8-20-29(25,26)12-6-4-11(19)5-7-12/h2-7,10,14-16,20H,8-9H2,1H3/t14-,15?,16+/m0/s1. The largest absolute Gasteiger partial charge is 0.284 e. The molecular formula is C18H18ClN3O5S2. The Kier molecular flexibility index (Phi) is 5.49. The molecule has 2 saturated heterocycles. The number of halogens is 1. The highest BCUT2D eigenvalue weighted by Crippen LogP contribution is 2.45. The van der Waals surface area contributed by atoms with Crippen molar-refractivity contribution in [3.8, 4) is 0 Å². The lowest BCUT2D eigenvalue weighted by Gasteiger charge is -2.25. The maximum absolute atomic E-state index is 12.6. The van der Waals surface area contributed by atoms with Gasteiger partial charge in [0.25, 0.3) is 5.91 Å². The maximum atomic E-state index is 12.6. The molecule has 154 valence electrons. The fraction of sp³-hybridized carbons (Fsp3) is 0.333. The van der Waals surface area contributed by atoms with Crippen molar-refractivity contribution in [3.63, 3.8) is 0 Å². The van der Waals surface area contributed by atoms with Crippen molar-refractivity contribution in [2.75, 3.05) is 20.1 Å². The summed E-state index contributed by atoms with van der Waals surface area (Å²) < 4.78 is 27.4. The number of nitrogens with one attached hydrogen (secondary N) is 1. The molecule has 2 aliphatic heterocycles. The van der Waals surface area contributed by atoms with Crippen molar-refractivity contribution in [2.24, 2.45) is 5.92 Å². The second-order valence-corrected chi connectivity index (χ2v) is 9.92. The van der Waals surface area contributed by atoms with Gasteiger partial charge in [0.15, 0.2) is 6.10 Å². The van der Waals surface area contributed by atoms with Gasteiger partial charge in [-0.2, -0.15) is 5.06 Å². The van der Waals surface area contributed by atoms with Crippen LogP contribution in [0.2, 0.25) is 5.02 Å². The van der Waals surface area contributed by atoms with E-state index in [4.69, 9.17) is 16.4 Å². The third-order valence-corrected chi connectivity index (χ3v) is 7.67. The van der Waals surface area contributed by atoms with Gasteiger partial charge in [0.05, 0.1) is 16.9 Å². The van der Waals surface area contributed by atoms with Gasteiger partial charge in [-0.3, -0.25) is 19.3 Å². The average Bonchev–Trinajstić information content (AvgIpc) is 3.37. The first-order valence-electron chi connectivity index (χ1n) is 8.83. The third kappa shape index (κ3) is 3.72. The van der Waals surface area contributed by atoms with Gasteiger partial charge in [0.2, 0.25) is 15.9 Å². The number of hydrogen-bond acceptors (Lipinski definition) is 7. The maximum Gasteiger partial charge on any atom is 0.261 e. The van der Waals surface area contributed by atoms with Crippen LogP contribution in [0.3, 0.4) is 0 Å². The number of amides is 2. The average molecular weight is 456 g/mol. The molecule has 29 heavy (non-hydrogen) atoms. The first-order valence-corrected chi connectivity index (χ1v) is 11.6. The number of nitrogens with zero attached hydrogens (tertiary/aromatic N) is 2. The normalized spacial score (nSPS) is 25.0. The first-order chi connectivity index (χ1) is 13.8. The van der Waals surface area contributed by atoms with E-state index in [9.17, 15) is 18.0 Å². The minimum atomic E-state index is -3.72. The summed E-state index contributed by atoms with van der Waals surface area (Å²) in [6.45, 7) is 0.219. The number of carbonyl (C=O) groups is 2. The fourth-order valence-corrected chi connectivity index (χ4v) is 5.59. The van der Waals surface area contributed by atoms with E-state index in [1.54, 1.807) is 0 Å². The predicted molar refractivity (Wildman–Crippen MR) is 107 cm³/mol. The van der Waals surface area contributed by atoms with Crippen molar-refractivity contribution >= 4 is 44.8 Å². The molecule has 4 rings (SSSR count). The summed E-state index contributed by atoms with van der Waals surface area (Å²) >= 11 is 7.26. The van der Waals surface area contributed by atoms with Crippen LogP contribution in [0.4, 0.5) is 0 Å². The lowest BCUT2D eigenvalue weighted by Crippen LogP contribution is -2.38. The van der Waals surface area contributed by atoms with Gasteiger partial charge < -0.3 is 0 Å². The number of carbonyl (C=O) groups excluding carboxylic acids is 2. The molecule has 2 aromatic rings. The van der Waals surface area contributed by atoms with E-state index in [-0.39, 0.29) is 29.8 Å². The minimum Gasteiger partial charge on any atom is -0.284 e. The lowest BCUT2D eigenvalue weighted by atomic mass is 9.95. The molecule has 2 aliphatic rings. The molecule has 11 heteroatoms. The van der Waals surface area contributed by atoms with Gasteiger partial charge >= 0.3 is 0 Å². The van der Waals surface area contributed by atoms with Crippen molar-refractivity contribution in [1.29, 1.82) is 0 Å². The Balaban J connectivity index is 1.49. The van der Waals surface area contributed by atoms with E-state index in [1.165, 1.54) is 47.7 Å². The topological polar surface area (TPSA) is 96.0 Å². The zero-order valence-corrected chi connectivity index (χ0v) is 17.7. The number of fused-ring (bicyclic) bond motifs is 1. The molecule has 8 nitrogen and oxygen atoms in total. The summed E-state index contributed by atoms with van der Waals surface area (Å²) in [6.07, 6.45) is -0.882. The summed E-state index contributed by atoms with van der Waals surface area (Å²) in [5.41, 5.74) is 0. The highest BCUT2D eigenvalue weighted by atomic mass is 35.5. The van der Waals surface area contributed by atoms with Gasteiger partial charge in [-0.25, -0.2) is 13.1 Å². The van der Waals surface area contributed by atoms with Gasteiger partial charge in [0, 0.05) is 30.0 Å².